The van der Waals surface area contributed by atoms with E-state index in [0.717, 1.165) is 10.9 Å². The van der Waals surface area contributed by atoms with Crippen LogP contribution in [0.5, 0.6) is 0 Å². The van der Waals surface area contributed by atoms with Crippen molar-refractivity contribution in [2.75, 3.05) is 6.54 Å². The van der Waals surface area contributed by atoms with E-state index < -0.39 is 11.9 Å². The molecule has 21 heavy (non-hydrogen) atoms. The van der Waals surface area contributed by atoms with Crippen molar-refractivity contribution in [3.63, 3.8) is 0 Å². The second-order valence-corrected chi connectivity index (χ2v) is 5.27. The van der Waals surface area contributed by atoms with E-state index in [-0.39, 0.29) is 18.4 Å². The summed E-state index contributed by atoms with van der Waals surface area (Å²) in [6.45, 7) is 3.77. The van der Waals surface area contributed by atoms with Gasteiger partial charge < -0.3 is 10.4 Å². The minimum Gasteiger partial charge on any atom is -0.481 e. The number of fused-ring (bicyclic) bond motifs is 1. The first kappa shape index (κ1) is 15.0. The molecule has 2 rings (SSSR count). The lowest BCUT2D eigenvalue weighted by atomic mass is 9.96. The molecule has 0 aliphatic rings. The summed E-state index contributed by atoms with van der Waals surface area (Å²) in [5, 5.41) is 12.6. The van der Waals surface area contributed by atoms with Crippen molar-refractivity contribution in [1.82, 2.24) is 10.3 Å². The molecule has 0 spiro atoms. The fraction of sp³-hybridized carbons (Fsp3) is 0.312. The van der Waals surface area contributed by atoms with E-state index in [4.69, 9.17) is 5.11 Å². The highest BCUT2D eigenvalue weighted by atomic mass is 16.4. The van der Waals surface area contributed by atoms with Crippen molar-refractivity contribution in [2.24, 2.45) is 11.8 Å². The number of carboxylic acid groups (broad SMARTS) is 1. The van der Waals surface area contributed by atoms with Crippen molar-refractivity contribution in [2.45, 2.75) is 13.8 Å². The number of para-hydroxylation sites is 1. The average Bonchev–Trinajstić information content (AvgIpc) is 2.46. The van der Waals surface area contributed by atoms with Crippen LogP contribution >= 0.6 is 0 Å². The molecule has 1 amide bonds. The Bertz CT molecular complexity index is 662. The van der Waals surface area contributed by atoms with Gasteiger partial charge in [-0.05, 0) is 18.1 Å². The molecule has 1 aromatic carbocycles. The van der Waals surface area contributed by atoms with Gasteiger partial charge in [0.1, 0.15) is 0 Å². The Morgan fingerprint density at radius 3 is 2.62 bits per heavy atom. The molecule has 1 unspecified atom stereocenters. The molecule has 0 saturated carbocycles. The number of pyridine rings is 1. The fourth-order valence-corrected chi connectivity index (χ4v) is 2.20. The third kappa shape index (κ3) is 3.37. The Morgan fingerprint density at radius 2 is 1.95 bits per heavy atom. The normalized spacial score (nSPS) is 12.3. The molecule has 110 valence electrons. The molecule has 2 aromatic rings. The number of aliphatic carboxylic acids is 1. The Balaban J connectivity index is 2.18. The molecule has 0 bridgehead atoms. The predicted octanol–water partition coefficient (Wildman–Crippen LogP) is 2.32. The Kier molecular flexibility index (Phi) is 4.52. The van der Waals surface area contributed by atoms with Crippen molar-refractivity contribution < 1.29 is 14.7 Å². The van der Waals surface area contributed by atoms with E-state index in [1.54, 1.807) is 12.3 Å². The van der Waals surface area contributed by atoms with Crippen LogP contribution < -0.4 is 5.32 Å². The molecule has 0 aliphatic carbocycles. The number of hydrogen-bond donors (Lipinski definition) is 2. The number of carboxylic acids is 1. The number of amides is 1. The molecule has 1 atom stereocenters. The molecule has 1 aromatic heterocycles. The van der Waals surface area contributed by atoms with Gasteiger partial charge in [0.25, 0.3) is 5.91 Å². The number of rotatable bonds is 5. The van der Waals surface area contributed by atoms with Crippen LogP contribution in [-0.4, -0.2) is 28.5 Å². The largest absolute Gasteiger partial charge is 0.481 e. The van der Waals surface area contributed by atoms with Crippen molar-refractivity contribution in [1.29, 1.82) is 0 Å². The third-order valence-corrected chi connectivity index (χ3v) is 3.50. The van der Waals surface area contributed by atoms with Gasteiger partial charge in [-0.1, -0.05) is 32.0 Å². The van der Waals surface area contributed by atoms with Gasteiger partial charge >= 0.3 is 5.97 Å². The second-order valence-electron chi connectivity index (χ2n) is 5.27. The Morgan fingerprint density at radius 1 is 1.24 bits per heavy atom. The molecular formula is C16H18N2O3. The standard InChI is InChI=1S/C16H18N2O3/c1-10(2)13(16(20)21)9-18-15(19)12-7-8-17-14-6-4-3-5-11(12)14/h3-8,10,13H,9H2,1-2H3,(H,18,19)(H,20,21). The van der Waals surface area contributed by atoms with Crippen LogP contribution in [0.1, 0.15) is 24.2 Å². The molecular weight excluding hydrogens is 268 g/mol. The number of benzene rings is 1. The summed E-state index contributed by atoms with van der Waals surface area (Å²) < 4.78 is 0. The van der Waals surface area contributed by atoms with Gasteiger partial charge in [0.05, 0.1) is 17.0 Å². The van der Waals surface area contributed by atoms with E-state index >= 15 is 0 Å². The summed E-state index contributed by atoms with van der Waals surface area (Å²) in [4.78, 5) is 27.6. The minimum atomic E-state index is -0.898. The molecule has 0 aliphatic heterocycles. The summed E-state index contributed by atoms with van der Waals surface area (Å²) in [5.41, 5.74) is 1.25. The van der Waals surface area contributed by atoms with Crippen LogP contribution in [0, 0.1) is 11.8 Å². The number of hydrogen-bond acceptors (Lipinski definition) is 3. The first-order valence-electron chi connectivity index (χ1n) is 6.85. The quantitative estimate of drug-likeness (QED) is 0.884. The maximum Gasteiger partial charge on any atom is 0.308 e. The zero-order valence-electron chi connectivity index (χ0n) is 12.0. The van der Waals surface area contributed by atoms with Gasteiger partial charge in [-0.3, -0.25) is 14.6 Å². The second kappa shape index (κ2) is 6.35. The van der Waals surface area contributed by atoms with Crippen LogP contribution in [0.4, 0.5) is 0 Å². The van der Waals surface area contributed by atoms with Crippen molar-refractivity contribution >= 4 is 22.8 Å². The van der Waals surface area contributed by atoms with Crippen LogP contribution in [0.25, 0.3) is 10.9 Å². The van der Waals surface area contributed by atoms with E-state index in [0.29, 0.717) is 5.56 Å². The highest BCUT2D eigenvalue weighted by Gasteiger charge is 2.22. The summed E-state index contributed by atoms with van der Waals surface area (Å²) >= 11 is 0. The van der Waals surface area contributed by atoms with Crippen molar-refractivity contribution in [3.05, 3.63) is 42.1 Å². The Labute approximate surface area is 123 Å². The molecule has 2 N–H and O–H groups in total. The zero-order chi connectivity index (χ0) is 15.4. The minimum absolute atomic E-state index is 0.0445. The number of nitrogens with zero attached hydrogens (tertiary/aromatic N) is 1. The van der Waals surface area contributed by atoms with Crippen molar-refractivity contribution in [3.8, 4) is 0 Å². The summed E-state index contributed by atoms with van der Waals surface area (Å²) in [6.07, 6.45) is 1.58. The van der Waals surface area contributed by atoms with Gasteiger partial charge in [-0.25, -0.2) is 0 Å². The average molecular weight is 286 g/mol. The number of nitrogens with one attached hydrogen (secondary N) is 1. The van der Waals surface area contributed by atoms with Crippen LogP contribution in [0.3, 0.4) is 0 Å². The maximum absolute atomic E-state index is 12.3. The van der Waals surface area contributed by atoms with E-state index in [1.807, 2.05) is 38.1 Å². The number of aromatic nitrogens is 1. The predicted molar refractivity (Wildman–Crippen MR) is 80.0 cm³/mol. The highest BCUT2D eigenvalue weighted by molar-refractivity contribution is 6.06. The lowest BCUT2D eigenvalue weighted by Crippen LogP contribution is -2.35. The first-order chi connectivity index (χ1) is 10.0. The molecule has 0 radical (unpaired) electrons. The zero-order valence-corrected chi connectivity index (χ0v) is 12.0. The van der Waals surface area contributed by atoms with Gasteiger partial charge in [-0.2, -0.15) is 0 Å². The SMILES string of the molecule is CC(C)C(CNC(=O)c1ccnc2ccccc12)C(=O)O. The topological polar surface area (TPSA) is 79.3 Å². The maximum atomic E-state index is 12.3. The lowest BCUT2D eigenvalue weighted by Gasteiger charge is -2.17. The third-order valence-electron chi connectivity index (χ3n) is 3.50. The summed E-state index contributed by atoms with van der Waals surface area (Å²) in [6, 6.07) is 9.00. The van der Waals surface area contributed by atoms with Crippen LogP contribution in [0.15, 0.2) is 36.5 Å². The number of carbonyl (C=O) groups excluding carboxylic acids is 1. The molecule has 0 saturated heterocycles. The van der Waals surface area contributed by atoms with Gasteiger partial charge in [0.2, 0.25) is 0 Å². The van der Waals surface area contributed by atoms with Gasteiger partial charge in [0.15, 0.2) is 0 Å². The number of carbonyl (C=O) groups is 2. The molecule has 0 fully saturated rings. The van der Waals surface area contributed by atoms with Gasteiger partial charge in [0, 0.05) is 18.1 Å². The molecule has 5 nitrogen and oxygen atoms in total. The fourth-order valence-electron chi connectivity index (χ4n) is 2.20. The monoisotopic (exact) mass is 286 g/mol. The van der Waals surface area contributed by atoms with Crippen LogP contribution in [-0.2, 0) is 4.79 Å². The van der Waals surface area contributed by atoms with E-state index in [9.17, 15) is 9.59 Å². The Hall–Kier alpha value is -2.43. The lowest BCUT2D eigenvalue weighted by molar-refractivity contribution is -0.142. The highest BCUT2D eigenvalue weighted by Crippen LogP contribution is 2.16. The molecule has 1 heterocycles. The first-order valence-corrected chi connectivity index (χ1v) is 6.85. The molecule has 5 heteroatoms. The van der Waals surface area contributed by atoms with E-state index in [1.165, 1.54) is 0 Å². The van der Waals surface area contributed by atoms with E-state index in [2.05, 4.69) is 10.3 Å². The summed E-state index contributed by atoms with van der Waals surface area (Å²) in [7, 11) is 0. The van der Waals surface area contributed by atoms with Crippen LogP contribution in [0.2, 0.25) is 0 Å². The smallest absolute Gasteiger partial charge is 0.308 e. The summed E-state index contributed by atoms with van der Waals surface area (Å²) in [5.74, 6) is -1.82. The van der Waals surface area contributed by atoms with Gasteiger partial charge in [-0.15, -0.1) is 0 Å².